The van der Waals surface area contributed by atoms with E-state index in [1.165, 1.54) is 35.4 Å². The van der Waals surface area contributed by atoms with Crippen LogP contribution in [0.25, 0.3) is 11.0 Å². The number of amides is 2. The first-order chi connectivity index (χ1) is 14.7. The van der Waals surface area contributed by atoms with Crippen molar-refractivity contribution in [1.29, 1.82) is 0 Å². The van der Waals surface area contributed by atoms with Gasteiger partial charge < -0.3 is 19.8 Å². The number of aryl methyl sites for hydroxylation is 2. The largest absolute Gasteiger partial charge is 0.464 e. The zero-order valence-corrected chi connectivity index (χ0v) is 17.3. The molecule has 0 atom stereocenters. The lowest BCUT2D eigenvalue weighted by atomic mass is 10.0. The van der Waals surface area contributed by atoms with Crippen molar-refractivity contribution in [1.82, 2.24) is 0 Å². The Labute approximate surface area is 178 Å². The van der Waals surface area contributed by atoms with Crippen LogP contribution in [0.4, 0.5) is 10.1 Å². The number of hydrogen-bond donors (Lipinski definition) is 1. The lowest BCUT2D eigenvalue weighted by Gasteiger charge is -2.22. The van der Waals surface area contributed by atoms with Gasteiger partial charge in [-0.05, 0) is 61.4 Å². The first-order valence-corrected chi connectivity index (χ1v) is 9.72. The summed E-state index contributed by atoms with van der Waals surface area (Å²) >= 11 is 0. The summed E-state index contributed by atoms with van der Waals surface area (Å²) in [6.45, 7) is 3.41. The van der Waals surface area contributed by atoms with E-state index in [9.17, 15) is 18.8 Å². The van der Waals surface area contributed by atoms with E-state index in [0.717, 1.165) is 16.5 Å². The number of rotatable bonds is 8. The number of nitrogens with two attached hydrogens (primary N) is 1. The van der Waals surface area contributed by atoms with Gasteiger partial charge in [0.2, 0.25) is 5.91 Å². The molecule has 0 radical (unpaired) electrons. The minimum absolute atomic E-state index is 0.0116. The average Bonchev–Trinajstić information content (AvgIpc) is 3.09. The molecule has 2 aromatic carbocycles. The summed E-state index contributed by atoms with van der Waals surface area (Å²) in [6.07, 6.45) is 1.36. The van der Waals surface area contributed by atoms with Crippen molar-refractivity contribution in [3.63, 3.8) is 0 Å². The monoisotopic (exact) mass is 426 g/mol. The van der Waals surface area contributed by atoms with Gasteiger partial charge in [-0.2, -0.15) is 0 Å². The third kappa shape index (κ3) is 5.48. The Kier molecular flexibility index (Phi) is 6.69. The van der Waals surface area contributed by atoms with E-state index in [-0.39, 0.29) is 19.4 Å². The van der Waals surface area contributed by atoms with Crippen molar-refractivity contribution >= 4 is 34.4 Å². The molecule has 2 amide bonds. The van der Waals surface area contributed by atoms with E-state index < -0.39 is 30.2 Å². The molecule has 0 saturated carbocycles. The number of nitrogens with zero attached hydrogens (tertiary/aromatic N) is 1. The molecule has 1 aromatic heterocycles. The Morgan fingerprint density at radius 2 is 1.77 bits per heavy atom. The van der Waals surface area contributed by atoms with Crippen molar-refractivity contribution in [2.75, 3.05) is 18.1 Å². The molecule has 0 unspecified atom stereocenters. The third-order valence-electron chi connectivity index (χ3n) is 4.98. The second kappa shape index (κ2) is 9.42. The van der Waals surface area contributed by atoms with Gasteiger partial charge in [0.15, 0.2) is 6.61 Å². The fraction of sp³-hybridized carbons (Fsp3) is 0.261. The van der Waals surface area contributed by atoms with Gasteiger partial charge in [-0.1, -0.05) is 0 Å². The fourth-order valence-corrected chi connectivity index (χ4v) is 3.14. The van der Waals surface area contributed by atoms with Gasteiger partial charge in [-0.3, -0.25) is 14.4 Å². The van der Waals surface area contributed by atoms with Crippen LogP contribution in [0.5, 0.6) is 0 Å². The lowest BCUT2D eigenvalue weighted by Crippen LogP contribution is -2.37. The number of fused-ring (bicyclic) bond motifs is 1. The molecular formula is C23H23FN2O5. The highest BCUT2D eigenvalue weighted by Gasteiger charge is 2.19. The summed E-state index contributed by atoms with van der Waals surface area (Å²) in [7, 11) is 0. The summed E-state index contributed by atoms with van der Waals surface area (Å²) in [5, 5.41) is 0.820. The van der Waals surface area contributed by atoms with E-state index in [2.05, 4.69) is 0 Å². The molecule has 162 valence electrons. The van der Waals surface area contributed by atoms with Crippen molar-refractivity contribution in [2.24, 2.45) is 5.73 Å². The van der Waals surface area contributed by atoms with Crippen LogP contribution in [0.2, 0.25) is 0 Å². The summed E-state index contributed by atoms with van der Waals surface area (Å²) in [4.78, 5) is 37.3. The molecule has 2 N–H and O–H groups in total. The van der Waals surface area contributed by atoms with Crippen LogP contribution < -0.4 is 10.6 Å². The Hall–Kier alpha value is -3.68. The molecule has 0 bridgehead atoms. The van der Waals surface area contributed by atoms with Crippen molar-refractivity contribution in [3.05, 3.63) is 65.2 Å². The molecule has 0 saturated heterocycles. The van der Waals surface area contributed by atoms with Gasteiger partial charge in [0, 0.05) is 29.6 Å². The molecule has 31 heavy (non-hydrogen) atoms. The minimum atomic E-state index is -0.594. The normalized spacial score (nSPS) is 10.8. The number of carbonyl (C=O) groups is 3. The summed E-state index contributed by atoms with van der Waals surface area (Å²) < 4.78 is 23.9. The molecule has 3 rings (SSSR count). The van der Waals surface area contributed by atoms with E-state index in [1.54, 1.807) is 0 Å². The van der Waals surface area contributed by atoms with Crippen LogP contribution in [0, 0.1) is 19.7 Å². The lowest BCUT2D eigenvalue weighted by molar-refractivity contribution is -0.147. The van der Waals surface area contributed by atoms with Gasteiger partial charge in [-0.25, -0.2) is 4.39 Å². The number of furan rings is 1. The maximum atomic E-state index is 13.2. The Bertz CT molecular complexity index is 1120. The van der Waals surface area contributed by atoms with E-state index in [1.807, 2.05) is 26.0 Å². The molecule has 1 heterocycles. The van der Waals surface area contributed by atoms with E-state index >= 15 is 0 Å². The summed E-state index contributed by atoms with van der Waals surface area (Å²) in [6, 6.07) is 9.04. The molecule has 0 aliphatic rings. The highest BCUT2D eigenvalue weighted by atomic mass is 19.1. The zero-order valence-electron chi connectivity index (χ0n) is 17.3. The second-order valence-electron chi connectivity index (χ2n) is 7.27. The van der Waals surface area contributed by atoms with Crippen LogP contribution >= 0.6 is 0 Å². The van der Waals surface area contributed by atoms with E-state index in [4.69, 9.17) is 14.9 Å². The topological polar surface area (TPSA) is 103 Å². The maximum Gasteiger partial charge on any atom is 0.310 e. The van der Waals surface area contributed by atoms with Gasteiger partial charge in [-0.15, -0.1) is 0 Å². The van der Waals surface area contributed by atoms with Crippen LogP contribution in [0.15, 0.2) is 47.1 Å². The molecule has 0 spiro atoms. The van der Waals surface area contributed by atoms with E-state index in [0.29, 0.717) is 16.8 Å². The number of hydrogen-bond acceptors (Lipinski definition) is 5. The van der Waals surface area contributed by atoms with Crippen LogP contribution in [-0.2, 0) is 25.5 Å². The highest BCUT2D eigenvalue weighted by Crippen LogP contribution is 2.25. The molecule has 0 aliphatic heterocycles. The van der Waals surface area contributed by atoms with Gasteiger partial charge in [0.25, 0.3) is 5.91 Å². The van der Waals surface area contributed by atoms with Gasteiger partial charge >= 0.3 is 5.97 Å². The van der Waals surface area contributed by atoms with Crippen LogP contribution in [-0.4, -0.2) is 30.9 Å². The molecule has 0 fully saturated rings. The minimum Gasteiger partial charge on any atom is -0.464 e. The standard InChI is InChI=1S/C23H23FN2O5/c1-14-9-19-16(12-30-20(19)10-15(14)2)11-23(29)31-13-22(28)26(8-7-21(25)27)18-5-3-17(24)4-6-18/h3-6,9-10,12H,7-8,11,13H2,1-2H3,(H2,25,27). The van der Waals surface area contributed by atoms with Gasteiger partial charge in [0.1, 0.15) is 11.4 Å². The molecule has 0 aliphatic carbocycles. The SMILES string of the molecule is Cc1cc2occ(CC(=O)OCC(=O)N(CCC(N)=O)c3ccc(F)cc3)c2cc1C. The van der Waals surface area contributed by atoms with Gasteiger partial charge in [0.05, 0.1) is 12.7 Å². The van der Waals surface area contributed by atoms with Crippen molar-refractivity contribution < 1.29 is 27.9 Å². The molecular weight excluding hydrogens is 403 g/mol. The maximum absolute atomic E-state index is 13.2. The number of esters is 1. The average molecular weight is 426 g/mol. The smallest absolute Gasteiger partial charge is 0.310 e. The summed E-state index contributed by atoms with van der Waals surface area (Å²) in [5.41, 5.74) is 9.04. The third-order valence-corrected chi connectivity index (χ3v) is 4.98. The fourth-order valence-electron chi connectivity index (χ4n) is 3.14. The highest BCUT2D eigenvalue weighted by molar-refractivity contribution is 5.96. The molecule has 7 nitrogen and oxygen atoms in total. The number of halogens is 1. The number of carbonyl (C=O) groups excluding carboxylic acids is 3. The Morgan fingerprint density at radius 3 is 2.45 bits per heavy atom. The predicted octanol–water partition coefficient (Wildman–Crippen LogP) is 3.18. The Morgan fingerprint density at radius 1 is 1.10 bits per heavy atom. The Balaban J connectivity index is 1.65. The molecule has 3 aromatic rings. The van der Waals surface area contributed by atoms with Crippen LogP contribution in [0.1, 0.15) is 23.1 Å². The van der Waals surface area contributed by atoms with Crippen molar-refractivity contribution in [2.45, 2.75) is 26.7 Å². The number of primary amides is 1. The van der Waals surface area contributed by atoms with Crippen LogP contribution in [0.3, 0.4) is 0 Å². The molecule has 8 heteroatoms. The zero-order chi connectivity index (χ0) is 22.5. The number of ether oxygens (including phenoxy) is 1. The summed E-state index contributed by atoms with van der Waals surface area (Å²) in [5.74, 6) is -2.20. The number of anilines is 1. The second-order valence-corrected chi connectivity index (χ2v) is 7.27. The first kappa shape index (κ1) is 22.0. The quantitative estimate of drug-likeness (QED) is 0.557. The van der Waals surface area contributed by atoms with Crippen molar-refractivity contribution in [3.8, 4) is 0 Å². The number of benzene rings is 2. The first-order valence-electron chi connectivity index (χ1n) is 9.72. The predicted molar refractivity (Wildman–Crippen MR) is 113 cm³/mol.